The number of thiazole rings is 1. The number of hydrogen-bond acceptors (Lipinski definition) is 5. The second-order valence-corrected chi connectivity index (χ2v) is 7.62. The molecule has 1 heterocycles. The molecule has 2 aromatic carbocycles. The van der Waals surface area contributed by atoms with Crippen molar-refractivity contribution in [2.24, 2.45) is 0 Å². The minimum atomic E-state index is -0.500. The van der Waals surface area contributed by atoms with Crippen molar-refractivity contribution in [1.29, 1.82) is 0 Å². The summed E-state index contributed by atoms with van der Waals surface area (Å²) in [5.41, 5.74) is 0.775. The second-order valence-electron chi connectivity index (χ2n) is 6.18. The van der Waals surface area contributed by atoms with Crippen LogP contribution in [0.15, 0.2) is 42.5 Å². The molecule has 0 fully saturated rings. The number of aromatic nitrogens is 1. The fourth-order valence-corrected chi connectivity index (χ4v) is 3.69. The summed E-state index contributed by atoms with van der Waals surface area (Å²) in [5.74, 6) is -0.737. The third-order valence-corrected chi connectivity index (χ3v) is 5.11. The molecule has 28 heavy (non-hydrogen) atoms. The van der Waals surface area contributed by atoms with Crippen LogP contribution in [-0.2, 0) is 4.79 Å². The maximum atomic E-state index is 13.7. The largest absolute Gasteiger partial charge is 0.481 e. The Labute approximate surface area is 178 Å². The molecule has 3 aromatic rings. The number of para-hydroxylation sites is 1. The molecule has 0 aliphatic heterocycles. The van der Waals surface area contributed by atoms with Gasteiger partial charge in [-0.25, -0.2) is 9.37 Å². The first-order chi connectivity index (χ1) is 12.9. The van der Waals surface area contributed by atoms with Crippen molar-refractivity contribution in [1.82, 2.24) is 9.88 Å². The Morgan fingerprint density at radius 3 is 2.68 bits per heavy atom. The van der Waals surface area contributed by atoms with Crippen molar-refractivity contribution >= 4 is 56.6 Å². The Kier molecular flexibility index (Phi) is 8.00. The van der Waals surface area contributed by atoms with E-state index >= 15 is 0 Å². The summed E-state index contributed by atoms with van der Waals surface area (Å²) in [7, 11) is 3.85. The van der Waals surface area contributed by atoms with Gasteiger partial charge in [-0.3, -0.25) is 9.69 Å². The van der Waals surface area contributed by atoms with E-state index in [4.69, 9.17) is 16.3 Å². The molecule has 0 spiro atoms. The molecule has 0 N–H and O–H groups in total. The number of likely N-dealkylation sites (N-methyl/N-ethyl adjacent to an activating group) is 1. The highest BCUT2D eigenvalue weighted by atomic mass is 35.5. The van der Waals surface area contributed by atoms with Gasteiger partial charge < -0.3 is 9.64 Å². The molecule has 1 aromatic heterocycles. The molecule has 0 saturated heterocycles. The van der Waals surface area contributed by atoms with Gasteiger partial charge in [0.25, 0.3) is 5.91 Å². The molecule has 3 rings (SSSR count). The Hall–Kier alpha value is -1.93. The molecule has 0 radical (unpaired) electrons. The number of carbonyl (C=O) groups is 1. The third-order valence-electron chi connectivity index (χ3n) is 3.83. The van der Waals surface area contributed by atoms with E-state index in [2.05, 4.69) is 4.98 Å². The first-order valence-corrected chi connectivity index (χ1v) is 9.52. The van der Waals surface area contributed by atoms with Gasteiger partial charge in [-0.15, -0.1) is 12.4 Å². The number of benzene rings is 2. The van der Waals surface area contributed by atoms with Gasteiger partial charge in [-0.2, -0.15) is 0 Å². The number of rotatable bonds is 7. The molecule has 5 nitrogen and oxygen atoms in total. The number of amides is 1. The zero-order valence-corrected chi connectivity index (χ0v) is 17.8. The van der Waals surface area contributed by atoms with Gasteiger partial charge in [-0.1, -0.05) is 35.1 Å². The predicted octanol–water partition coefficient (Wildman–Crippen LogP) is 4.48. The summed E-state index contributed by atoms with van der Waals surface area (Å²) >= 11 is 7.43. The highest BCUT2D eigenvalue weighted by Gasteiger charge is 2.21. The quantitative estimate of drug-likeness (QED) is 0.539. The lowest BCUT2D eigenvalue weighted by Crippen LogP contribution is -2.39. The first kappa shape index (κ1) is 22.4. The second kappa shape index (κ2) is 10.0. The van der Waals surface area contributed by atoms with Crippen LogP contribution in [0.25, 0.3) is 10.2 Å². The minimum absolute atomic E-state index is 0. The highest BCUT2D eigenvalue weighted by Crippen LogP contribution is 2.31. The van der Waals surface area contributed by atoms with Gasteiger partial charge >= 0.3 is 0 Å². The molecule has 1 amide bonds. The van der Waals surface area contributed by atoms with Crippen molar-refractivity contribution in [3.05, 3.63) is 53.3 Å². The van der Waals surface area contributed by atoms with Crippen LogP contribution in [0.5, 0.6) is 5.75 Å². The lowest BCUT2D eigenvalue weighted by molar-refractivity contribution is -0.120. The van der Waals surface area contributed by atoms with Gasteiger partial charge in [0, 0.05) is 18.1 Å². The maximum Gasteiger partial charge on any atom is 0.266 e. The van der Waals surface area contributed by atoms with Crippen LogP contribution in [0.2, 0.25) is 5.02 Å². The van der Waals surface area contributed by atoms with Gasteiger partial charge in [0.15, 0.2) is 23.3 Å². The predicted molar refractivity (Wildman–Crippen MR) is 115 cm³/mol. The molecule has 150 valence electrons. The summed E-state index contributed by atoms with van der Waals surface area (Å²) in [5, 5.41) is 1.18. The molecule has 0 bridgehead atoms. The summed E-state index contributed by atoms with van der Waals surface area (Å²) < 4.78 is 20.0. The van der Waals surface area contributed by atoms with Crippen LogP contribution in [-0.4, -0.2) is 49.6 Å². The number of fused-ring (bicyclic) bond motifs is 1. The van der Waals surface area contributed by atoms with E-state index in [-0.39, 0.29) is 30.7 Å². The number of anilines is 1. The van der Waals surface area contributed by atoms with Gasteiger partial charge in [0.1, 0.15) is 0 Å². The lowest BCUT2D eigenvalue weighted by atomic mass is 10.3. The molecular formula is C19H20Cl2FN3O2S. The molecular weight excluding hydrogens is 424 g/mol. The molecule has 0 atom stereocenters. The van der Waals surface area contributed by atoms with Crippen LogP contribution in [0.4, 0.5) is 9.52 Å². The summed E-state index contributed by atoms with van der Waals surface area (Å²) in [6.45, 7) is 0.827. The summed E-state index contributed by atoms with van der Waals surface area (Å²) in [4.78, 5) is 20.9. The topological polar surface area (TPSA) is 45.7 Å². The highest BCUT2D eigenvalue weighted by molar-refractivity contribution is 7.22. The average Bonchev–Trinajstić information content (AvgIpc) is 3.03. The van der Waals surface area contributed by atoms with Crippen LogP contribution >= 0.6 is 35.3 Å². The standard InChI is InChI=1S/C19H19ClFN3O2S.ClH/c1-23(2)9-10-24(18(25)12-26-16-6-4-3-5-14(16)21)19-22-15-8-7-13(20)11-17(15)27-19;/h3-8,11H,9-10,12H2,1-2H3;1H. The van der Waals surface area contributed by atoms with Crippen molar-refractivity contribution < 1.29 is 13.9 Å². The molecule has 0 aliphatic carbocycles. The SMILES string of the molecule is CN(C)CCN(C(=O)COc1ccccc1F)c1nc2ccc(Cl)cc2s1.Cl. The van der Waals surface area contributed by atoms with E-state index < -0.39 is 5.82 Å². The van der Waals surface area contributed by atoms with Gasteiger partial charge in [0.2, 0.25) is 0 Å². The van der Waals surface area contributed by atoms with Crippen molar-refractivity contribution in [3.63, 3.8) is 0 Å². The van der Waals surface area contributed by atoms with E-state index in [1.807, 2.05) is 31.1 Å². The number of nitrogens with zero attached hydrogens (tertiary/aromatic N) is 3. The van der Waals surface area contributed by atoms with Crippen LogP contribution in [0.3, 0.4) is 0 Å². The van der Waals surface area contributed by atoms with Crippen molar-refractivity contribution in [2.75, 3.05) is 38.7 Å². The van der Waals surface area contributed by atoms with Crippen LogP contribution in [0.1, 0.15) is 0 Å². The smallest absolute Gasteiger partial charge is 0.266 e. The molecule has 9 heteroatoms. The van der Waals surface area contributed by atoms with Gasteiger partial charge in [0.05, 0.1) is 10.2 Å². The zero-order valence-electron chi connectivity index (χ0n) is 15.4. The third kappa shape index (κ3) is 5.54. The van der Waals surface area contributed by atoms with Crippen molar-refractivity contribution in [2.45, 2.75) is 0 Å². The minimum Gasteiger partial charge on any atom is -0.481 e. The number of hydrogen-bond donors (Lipinski definition) is 0. The number of ether oxygens (including phenoxy) is 1. The Balaban J connectivity index is 0.00000280. The number of carbonyl (C=O) groups excluding carboxylic acids is 1. The molecule has 0 saturated carbocycles. The Morgan fingerprint density at radius 1 is 1.21 bits per heavy atom. The number of halogens is 3. The van der Waals surface area contributed by atoms with Gasteiger partial charge in [-0.05, 0) is 44.4 Å². The zero-order chi connectivity index (χ0) is 19.4. The average molecular weight is 444 g/mol. The van der Waals surface area contributed by atoms with E-state index in [1.165, 1.54) is 23.5 Å². The van der Waals surface area contributed by atoms with Crippen molar-refractivity contribution in [3.8, 4) is 5.75 Å². The van der Waals surface area contributed by atoms with E-state index in [1.54, 1.807) is 23.1 Å². The Morgan fingerprint density at radius 2 is 1.96 bits per heavy atom. The molecule has 0 unspecified atom stereocenters. The monoisotopic (exact) mass is 443 g/mol. The normalized spacial score (nSPS) is 10.8. The fourth-order valence-electron chi connectivity index (χ4n) is 2.41. The van der Waals surface area contributed by atoms with E-state index in [0.29, 0.717) is 23.2 Å². The maximum absolute atomic E-state index is 13.7. The van der Waals surface area contributed by atoms with Crippen LogP contribution < -0.4 is 9.64 Å². The summed E-state index contributed by atoms with van der Waals surface area (Å²) in [6.07, 6.45) is 0. The fraction of sp³-hybridized carbons (Fsp3) is 0.263. The first-order valence-electron chi connectivity index (χ1n) is 8.32. The Bertz CT molecular complexity index is 952. The summed E-state index contributed by atoms with van der Waals surface area (Å²) in [6, 6.07) is 11.4. The molecule has 0 aliphatic rings. The van der Waals surface area contributed by atoms with E-state index in [0.717, 1.165) is 10.2 Å². The van der Waals surface area contributed by atoms with Crippen LogP contribution in [0, 0.1) is 5.82 Å². The van der Waals surface area contributed by atoms with E-state index in [9.17, 15) is 9.18 Å². The lowest BCUT2D eigenvalue weighted by Gasteiger charge is -2.22.